The van der Waals surface area contributed by atoms with Gasteiger partial charge >= 0.3 is 0 Å². The number of aliphatic hydroxyl groups excluding tert-OH is 1. The fourth-order valence-electron chi connectivity index (χ4n) is 2.56. The largest absolute Gasteiger partial charge is 0.396 e. The van der Waals surface area contributed by atoms with Crippen molar-refractivity contribution in [3.05, 3.63) is 70.8 Å². The first kappa shape index (κ1) is 28.0. The van der Waals surface area contributed by atoms with E-state index >= 15 is 0 Å². The summed E-state index contributed by atoms with van der Waals surface area (Å²) in [5.41, 5.74) is 3.96. The Balaban J connectivity index is 0. The minimum atomic E-state index is 0. The second-order valence-corrected chi connectivity index (χ2v) is 6.44. The molecule has 2 aromatic rings. The van der Waals surface area contributed by atoms with Crippen LogP contribution in [0.25, 0.3) is 0 Å². The van der Waals surface area contributed by atoms with Crippen molar-refractivity contribution in [3.8, 4) is 0 Å². The lowest BCUT2D eigenvalue weighted by atomic mass is 10.0. The van der Waals surface area contributed by atoms with E-state index in [1.54, 1.807) is 13.8 Å². The van der Waals surface area contributed by atoms with Crippen LogP contribution < -0.4 is 0 Å². The summed E-state index contributed by atoms with van der Waals surface area (Å²) in [4.78, 5) is 22.1. The van der Waals surface area contributed by atoms with Gasteiger partial charge in [0.2, 0.25) is 0 Å². The lowest BCUT2D eigenvalue weighted by Gasteiger charge is -2.01. The molecule has 0 radical (unpaired) electrons. The first-order valence-electron chi connectivity index (χ1n) is 9.28. The van der Waals surface area contributed by atoms with Crippen molar-refractivity contribution in [2.75, 3.05) is 6.61 Å². The van der Waals surface area contributed by atoms with Gasteiger partial charge in [0.1, 0.15) is 0 Å². The zero-order valence-electron chi connectivity index (χ0n) is 16.1. The number of aryl methyl sites for hydroxylation is 2. The average Bonchev–Trinajstić information content (AvgIpc) is 2.65. The highest BCUT2D eigenvalue weighted by atomic mass is 16.2. The Labute approximate surface area is 171 Å². The second-order valence-electron chi connectivity index (χ2n) is 6.44. The van der Waals surface area contributed by atoms with Crippen molar-refractivity contribution in [3.63, 3.8) is 0 Å². The van der Waals surface area contributed by atoms with E-state index in [-0.39, 0.29) is 33.0 Å². The van der Waals surface area contributed by atoms with Gasteiger partial charge in [0, 0.05) is 17.7 Å². The van der Waals surface area contributed by atoms with Crippen LogP contribution in [-0.2, 0) is 12.8 Å². The lowest BCUT2D eigenvalue weighted by molar-refractivity contribution is 0.100. The minimum absolute atomic E-state index is 0. The van der Waals surface area contributed by atoms with Crippen LogP contribution in [-0.4, -0.2) is 23.3 Å². The smallest absolute Gasteiger partial charge is 0.159 e. The summed E-state index contributed by atoms with van der Waals surface area (Å²) in [6, 6.07) is 15.5. The van der Waals surface area contributed by atoms with E-state index in [1.165, 1.54) is 18.4 Å². The maximum absolute atomic E-state index is 11.1. The highest BCUT2D eigenvalue weighted by Crippen LogP contribution is 2.09. The van der Waals surface area contributed by atoms with Crippen molar-refractivity contribution in [2.45, 2.75) is 67.7 Å². The van der Waals surface area contributed by atoms with Crippen molar-refractivity contribution >= 4 is 11.6 Å². The van der Waals surface area contributed by atoms with Crippen molar-refractivity contribution in [2.24, 2.45) is 0 Å². The molecule has 0 atom stereocenters. The summed E-state index contributed by atoms with van der Waals surface area (Å²) in [7, 11) is 0. The first-order valence-corrected chi connectivity index (χ1v) is 9.28. The van der Waals surface area contributed by atoms with Gasteiger partial charge < -0.3 is 5.11 Å². The molecule has 3 nitrogen and oxygen atoms in total. The molecular weight excluding hydrogens is 348 g/mol. The maximum Gasteiger partial charge on any atom is 0.159 e. The number of hydrogen-bond donors (Lipinski definition) is 1. The molecular formula is C25H38O3. The SMILES string of the molecule is C.C.CC(=O)c1cccc(CCCO)c1.CCCCc1cccc(C(C)=O)c1. The van der Waals surface area contributed by atoms with Gasteiger partial charge in [-0.15, -0.1) is 0 Å². The highest BCUT2D eigenvalue weighted by molar-refractivity contribution is 5.94. The fraction of sp³-hybridized carbons (Fsp3) is 0.440. The number of carbonyl (C=O) groups excluding carboxylic acids is 2. The zero-order valence-corrected chi connectivity index (χ0v) is 16.1. The molecule has 0 saturated carbocycles. The van der Waals surface area contributed by atoms with Crippen LogP contribution in [0, 0.1) is 0 Å². The number of carbonyl (C=O) groups is 2. The number of aliphatic hydroxyl groups is 1. The second kappa shape index (κ2) is 15.8. The molecule has 0 amide bonds. The number of ketones is 2. The number of unbranched alkanes of at least 4 members (excludes halogenated alkanes) is 1. The van der Waals surface area contributed by atoms with Crippen LogP contribution in [0.4, 0.5) is 0 Å². The molecule has 1 N–H and O–H groups in total. The lowest BCUT2D eigenvalue weighted by Crippen LogP contribution is -1.95. The summed E-state index contributed by atoms with van der Waals surface area (Å²) in [5.74, 6) is 0.240. The zero-order chi connectivity index (χ0) is 19.4. The summed E-state index contributed by atoms with van der Waals surface area (Å²) >= 11 is 0. The van der Waals surface area contributed by atoms with E-state index in [2.05, 4.69) is 13.0 Å². The van der Waals surface area contributed by atoms with Gasteiger partial charge in [-0.25, -0.2) is 0 Å². The molecule has 0 aliphatic rings. The Kier molecular flexibility index (Phi) is 15.7. The van der Waals surface area contributed by atoms with E-state index in [0.29, 0.717) is 0 Å². The molecule has 0 fully saturated rings. The van der Waals surface area contributed by atoms with Crippen LogP contribution in [0.15, 0.2) is 48.5 Å². The summed E-state index contributed by atoms with van der Waals surface area (Å²) < 4.78 is 0. The fourth-order valence-corrected chi connectivity index (χ4v) is 2.56. The van der Waals surface area contributed by atoms with E-state index in [1.807, 2.05) is 42.5 Å². The Morgan fingerprint density at radius 1 is 0.786 bits per heavy atom. The highest BCUT2D eigenvalue weighted by Gasteiger charge is 2.00. The third-order valence-corrected chi connectivity index (χ3v) is 4.11. The van der Waals surface area contributed by atoms with Crippen molar-refractivity contribution in [1.82, 2.24) is 0 Å². The summed E-state index contributed by atoms with van der Waals surface area (Å²) in [6.07, 6.45) is 5.06. The minimum Gasteiger partial charge on any atom is -0.396 e. The van der Waals surface area contributed by atoms with Crippen molar-refractivity contribution in [1.29, 1.82) is 0 Å². The van der Waals surface area contributed by atoms with Gasteiger partial charge in [-0.1, -0.05) is 64.6 Å². The molecule has 28 heavy (non-hydrogen) atoms. The Morgan fingerprint density at radius 3 is 1.57 bits per heavy atom. The molecule has 156 valence electrons. The third-order valence-electron chi connectivity index (χ3n) is 4.11. The third kappa shape index (κ3) is 10.8. The maximum atomic E-state index is 11.1. The van der Waals surface area contributed by atoms with Gasteiger partial charge in [-0.05, 0) is 62.8 Å². The van der Waals surface area contributed by atoms with Gasteiger partial charge in [0.25, 0.3) is 0 Å². The molecule has 0 aliphatic carbocycles. The summed E-state index contributed by atoms with van der Waals surface area (Å²) in [6.45, 7) is 5.54. The van der Waals surface area contributed by atoms with Crippen molar-refractivity contribution < 1.29 is 14.7 Å². The molecule has 0 saturated heterocycles. The number of rotatable bonds is 8. The Hall–Kier alpha value is -2.26. The molecule has 0 aliphatic heterocycles. The molecule has 0 unspecified atom stereocenters. The number of hydrogen-bond acceptors (Lipinski definition) is 3. The van der Waals surface area contributed by atoms with Gasteiger partial charge in [-0.3, -0.25) is 9.59 Å². The van der Waals surface area contributed by atoms with E-state index in [0.717, 1.165) is 36.0 Å². The van der Waals surface area contributed by atoms with Gasteiger partial charge in [-0.2, -0.15) is 0 Å². The monoisotopic (exact) mass is 386 g/mol. The van der Waals surface area contributed by atoms with E-state index in [9.17, 15) is 9.59 Å². The predicted molar refractivity (Wildman–Crippen MR) is 120 cm³/mol. The molecule has 2 aromatic carbocycles. The standard InChI is InChI=1S/C12H16O.C11H14O2.2CH4/c1-3-4-6-11-7-5-8-12(9-11)10(2)13;1-9(13)11-6-2-4-10(8-11)5-3-7-12;;/h5,7-9H,3-4,6H2,1-2H3;2,4,6,8,12H,3,5,7H2,1H3;2*1H4. The molecule has 0 heterocycles. The van der Waals surface area contributed by atoms with E-state index < -0.39 is 0 Å². The predicted octanol–water partition coefficient (Wildman–Crippen LogP) is 6.32. The molecule has 0 bridgehead atoms. The van der Waals surface area contributed by atoms with E-state index in [4.69, 9.17) is 5.11 Å². The number of benzene rings is 2. The molecule has 2 rings (SSSR count). The van der Waals surface area contributed by atoms with Gasteiger partial charge in [0.15, 0.2) is 11.6 Å². The van der Waals surface area contributed by atoms with Gasteiger partial charge in [0.05, 0.1) is 0 Å². The van der Waals surface area contributed by atoms with Crippen LogP contribution >= 0.6 is 0 Å². The summed E-state index contributed by atoms with van der Waals surface area (Å²) in [5, 5.41) is 8.64. The number of Topliss-reactive ketones (excluding diaryl/α,β-unsaturated/α-hetero) is 2. The van der Waals surface area contributed by atoms with Crippen LogP contribution in [0.1, 0.15) is 86.7 Å². The van der Waals surface area contributed by atoms with Crippen LogP contribution in [0.3, 0.4) is 0 Å². The average molecular weight is 387 g/mol. The topological polar surface area (TPSA) is 54.4 Å². The van der Waals surface area contributed by atoms with Crippen LogP contribution in [0.2, 0.25) is 0 Å². The normalized spacial score (nSPS) is 9.29. The van der Waals surface area contributed by atoms with Crippen LogP contribution in [0.5, 0.6) is 0 Å². The molecule has 0 spiro atoms. The Morgan fingerprint density at radius 2 is 1.21 bits per heavy atom. The quantitative estimate of drug-likeness (QED) is 0.540. The first-order chi connectivity index (χ1) is 12.5. The Bertz CT molecular complexity index is 643. The molecule has 3 heteroatoms. The molecule has 0 aromatic heterocycles.